The molecule has 2 rings (SSSR count). The Morgan fingerprint density at radius 1 is 1.14 bits per heavy atom. The van der Waals surface area contributed by atoms with Gasteiger partial charge in [-0.05, 0) is 37.1 Å². The zero-order chi connectivity index (χ0) is 16.3. The molecule has 0 fully saturated rings. The number of rotatable bonds is 5. The van der Waals surface area contributed by atoms with Crippen molar-refractivity contribution in [1.29, 1.82) is 0 Å². The standard InChI is InChI=1S/C17H21NO3S/c1-4-5-9-18-10-8-13(2)11-17(18)16-12-15(22(19,20)21)7-6-14(16)3/h6-8,10-12H,4-5,9H2,1-3H3. The van der Waals surface area contributed by atoms with Crippen LogP contribution in [0.4, 0.5) is 0 Å². The van der Waals surface area contributed by atoms with Crippen molar-refractivity contribution < 1.29 is 17.5 Å². The number of benzene rings is 1. The predicted molar refractivity (Wildman–Crippen MR) is 84.4 cm³/mol. The molecular formula is C17H21NO3S. The molecule has 2 aromatic rings. The summed E-state index contributed by atoms with van der Waals surface area (Å²) in [6, 6.07) is 8.59. The van der Waals surface area contributed by atoms with Crippen LogP contribution in [0.15, 0.2) is 41.4 Å². The van der Waals surface area contributed by atoms with Crippen LogP contribution < -0.4 is 4.57 Å². The predicted octanol–water partition coefficient (Wildman–Crippen LogP) is 2.96. The average Bonchev–Trinajstić information content (AvgIpc) is 2.45. The van der Waals surface area contributed by atoms with E-state index in [0.717, 1.165) is 41.8 Å². The summed E-state index contributed by atoms with van der Waals surface area (Å²) >= 11 is 0. The zero-order valence-electron chi connectivity index (χ0n) is 13.2. The van der Waals surface area contributed by atoms with Crippen molar-refractivity contribution >= 4 is 10.1 Å². The summed E-state index contributed by atoms with van der Waals surface area (Å²) in [7, 11) is -4.45. The molecule has 0 spiro atoms. The third kappa shape index (κ3) is 3.72. The lowest BCUT2D eigenvalue weighted by Gasteiger charge is -2.12. The summed E-state index contributed by atoms with van der Waals surface area (Å²) in [5, 5.41) is 0. The van der Waals surface area contributed by atoms with Gasteiger partial charge in [-0.1, -0.05) is 19.4 Å². The molecule has 0 aliphatic carbocycles. The molecule has 0 radical (unpaired) electrons. The molecule has 0 aliphatic heterocycles. The lowest BCUT2D eigenvalue weighted by Crippen LogP contribution is -2.36. The fraction of sp³-hybridized carbons (Fsp3) is 0.353. The number of aryl methyl sites for hydroxylation is 3. The third-order valence-corrected chi connectivity index (χ3v) is 4.55. The van der Waals surface area contributed by atoms with E-state index >= 15 is 0 Å². The van der Waals surface area contributed by atoms with Gasteiger partial charge in [0.05, 0.1) is 10.5 Å². The van der Waals surface area contributed by atoms with Crippen LogP contribution in [0.5, 0.6) is 0 Å². The Labute approximate surface area is 132 Å². The molecule has 0 aliphatic rings. The Bertz CT molecular complexity index is 782. The monoisotopic (exact) mass is 319 g/mol. The molecule has 0 atom stereocenters. The van der Waals surface area contributed by atoms with Crippen LogP contribution in [0, 0.1) is 13.8 Å². The molecule has 0 saturated carbocycles. The second kappa shape index (κ2) is 6.58. The summed E-state index contributed by atoms with van der Waals surface area (Å²) < 4.78 is 36.0. The van der Waals surface area contributed by atoms with Gasteiger partial charge in [0.1, 0.15) is 16.7 Å². The molecular weight excluding hydrogens is 298 g/mol. The summed E-state index contributed by atoms with van der Waals surface area (Å²) in [4.78, 5) is -0.184. The third-order valence-electron chi connectivity index (χ3n) is 3.72. The fourth-order valence-corrected chi connectivity index (χ4v) is 2.92. The molecule has 1 aromatic carbocycles. The molecule has 0 amide bonds. The van der Waals surface area contributed by atoms with Gasteiger partial charge in [-0.2, -0.15) is 4.57 Å². The number of hydrogen-bond acceptors (Lipinski definition) is 3. The van der Waals surface area contributed by atoms with Gasteiger partial charge in [0, 0.05) is 18.6 Å². The Morgan fingerprint density at radius 2 is 1.86 bits per heavy atom. The Balaban J connectivity index is 2.62. The Morgan fingerprint density at radius 3 is 2.50 bits per heavy atom. The van der Waals surface area contributed by atoms with Crippen LogP contribution in [0.1, 0.15) is 30.9 Å². The van der Waals surface area contributed by atoms with Gasteiger partial charge in [0.25, 0.3) is 0 Å². The number of pyridine rings is 1. The molecule has 0 unspecified atom stereocenters. The highest BCUT2D eigenvalue weighted by Gasteiger charge is 2.17. The van der Waals surface area contributed by atoms with Crippen molar-refractivity contribution in [3.8, 4) is 11.3 Å². The van der Waals surface area contributed by atoms with E-state index in [1.54, 1.807) is 6.07 Å². The minimum atomic E-state index is -4.45. The van der Waals surface area contributed by atoms with E-state index in [9.17, 15) is 13.0 Å². The van der Waals surface area contributed by atoms with Gasteiger partial charge < -0.3 is 4.55 Å². The molecule has 0 saturated heterocycles. The molecule has 0 bridgehead atoms. The number of aromatic nitrogens is 1. The van der Waals surface area contributed by atoms with Crippen molar-refractivity contribution in [2.75, 3.05) is 0 Å². The maximum Gasteiger partial charge on any atom is 0.213 e. The molecule has 4 nitrogen and oxygen atoms in total. The van der Waals surface area contributed by atoms with E-state index in [-0.39, 0.29) is 4.90 Å². The first kappa shape index (κ1) is 16.6. The van der Waals surface area contributed by atoms with Crippen LogP contribution in [0.25, 0.3) is 11.3 Å². The van der Waals surface area contributed by atoms with Crippen LogP contribution >= 0.6 is 0 Å². The minimum absolute atomic E-state index is 0.184. The van der Waals surface area contributed by atoms with Crippen LogP contribution in [0.3, 0.4) is 0 Å². The SMILES string of the molecule is CCCC[n+]1ccc(C)cc1-c1cc(S(=O)(=O)[O-])ccc1C. The molecule has 1 heterocycles. The van der Waals surface area contributed by atoms with Gasteiger partial charge in [-0.15, -0.1) is 0 Å². The maximum atomic E-state index is 11.3. The quantitative estimate of drug-likeness (QED) is 0.629. The normalized spacial score (nSPS) is 11.6. The first-order valence-electron chi connectivity index (χ1n) is 7.40. The first-order valence-corrected chi connectivity index (χ1v) is 8.80. The molecule has 5 heteroatoms. The zero-order valence-corrected chi connectivity index (χ0v) is 14.0. The van der Waals surface area contributed by atoms with E-state index in [0.29, 0.717) is 0 Å². The topological polar surface area (TPSA) is 61.1 Å². The van der Waals surface area contributed by atoms with E-state index in [1.807, 2.05) is 32.2 Å². The van der Waals surface area contributed by atoms with Crippen molar-refractivity contribution in [2.24, 2.45) is 0 Å². The largest absolute Gasteiger partial charge is 0.744 e. The number of nitrogens with zero attached hydrogens (tertiary/aromatic N) is 1. The first-order chi connectivity index (χ1) is 10.3. The van der Waals surface area contributed by atoms with Crippen LogP contribution in [-0.2, 0) is 16.7 Å². The van der Waals surface area contributed by atoms with E-state index in [4.69, 9.17) is 0 Å². The maximum absolute atomic E-state index is 11.3. The molecule has 0 N–H and O–H groups in total. The average molecular weight is 319 g/mol. The number of unbranched alkanes of at least 4 members (excludes halogenated alkanes) is 1. The second-order valence-electron chi connectivity index (χ2n) is 5.57. The van der Waals surface area contributed by atoms with Crippen molar-refractivity contribution in [1.82, 2.24) is 0 Å². The minimum Gasteiger partial charge on any atom is -0.744 e. The molecule has 22 heavy (non-hydrogen) atoms. The number of hydrogen-bond donors (Lipinski definition) is 0. The van der Waals surface area contributed by atoms with Crippen molar-refractivity contribution in [3.05, 3.63) is 47.7 Å². The van der Waals surface area contributed by atoms with Gasteiger partial charge in [0.15, 0.2) is 6.20 Å². The van der Waals surface area contributed by atoms with Gasteiger partial charge in [-0.25, -0.2) is 8.42 Å². The van der Waals surface area contributed by atoms with Gasteiger partial charge >= 0.3 is 0 Å². The molecule has 1 aromatic heterocycles. The smallest absolute Gasteiger partial charge is 0.213 e. The van der Waals surface area contributed by atoms with E-state index < -0.39 is 10.1 Å². The van der Waals surface area contributed by atoms with Crippen LogP contribution in [0.2, 0.25) is 0 Å². The highest BCUT2D eigenvalue weighted by Crippen LogP contribution is 2.24. The lowest BCUT2D eigenvalue weighted by molar-refractivity contribution is -0.686. The lowest BCUT2D eigenvalue weighted by atomic mass is 10.0. The highest BCUT2D eigenvalue weighted by atomic mass is 32.2. The van der Waals surface area contributed by atoms with Crippen molar-refractivity contribution in [2.45, 2.75) is 45.1 Å². The van der Waals surface area contributed by atoms with Gasteiger partial charge in [-0.3, -0.25) is 0 Å². The van der Waals surface area contributed by atoms with Gasteiger partial charge in [0.2, 0.25) is 5.69 Å². The fourth-order valence-electron chi connectivity index (χ4n) is 2.42. The summed E-state index contributed by atoms with van der Waals surface area (Å²) in [6.45, 7) is 6.91. The Hall–Kier alpha value is -1.72. The summed E-state index contributed by atoms with van der Waals surface area (Å²) in [5.74, 6) is 0. The van der Waals surface area contributed by atoms with Crippen LogP contribution in [-0.4, -0.2) is 13.0 Å². The second-order valence-corrected chi connectivity index (χ2v) is 6.95. The molecule has 118 valence electrons. The Kier molecular flexibility index (Phi) is 4.98. The van der Waals surface area contributed by atoms with E-state index in [2.05, 4.69) is 11.5 Å². The van der Waals surface area contributed by atoms with Crippen molar-refractivity contribution in [3.63, 3.8) is 0 Å². The summed E-state index contributed by atoms with van der Waals surface area (Å²) in [5.41, 5.74) is 3.77. The van der Waals surface area contributed by atoms with E-state index in [1.165, 1.54) is 12.1 Å². The summed E-state index contributed by atoms with van der Waals surface area (Å²) in [6.07, 6.45) is 4.13. The highest BCUT2D eigenvalue weighted by molar-refractivity contribution is 7.85.